The van der Waals surface area contributed by atoms with Crippen LogP contribution in [0.1, 0.15) is 48.9 Å². The van der Waals surface area contributed by atoms with Crippen LogP contribution in [0.25, 0.3) is 10.9 Å². The number of para-hydroxylation sites is 1. The Morgan fingerprint density at radius 3 is 3.05 bits per heavy atom. The first-order chi connectivity index (χ1) is 9.20. The van der Waals surface area contributed by atoms with Crippen molar-refractivity contribution in [2.24, 2.45) is 0 Å². The number of hydrogen-bond acceptors (Lipinski definition) is 1. The Balaban J connectivity index is 2.17. The molecule has 0 bridgehead atoms. The fourth-order valence-corrected chi connectivity index (χ4v) is 3.40. The van der Waals surface area contributed by atoms with Crippen molar-refractivity contribution < 1.29 is 9.90 Å². The quantitative estimate of drug-likeness (QED) is 0.882. The topological polar surface area (TPSA) is 53.1 Å². The van der Waals surface area contributed by atoms with Gasteiger partial charge in [0.15, 0.2) is 0 Å². The Hall–Kier alpha value is -1.77. The molecule has 1 aromatic heterocycles. The third kappa shape index (κ3) is 2.03. The predicted octanol–water partition coefficient (Wildman–Crippen LogP) is 3.62. The van der Waals surface area contributed by atoms with Crippen LogP contribution in [0.5, 0.6) is 0 Å². The third-order valence-electron chi connectivity index (χ3n) is 4.23. The molecule has 1 aromatic carbocycles. The molecule has 0 spiro atoms. The van der Waals surface area contributed by atoms with Crippen molar-refractivity contribution in [3.63, 3.8) is 0 Å². The van der Waals surface area contributed by atoms with Crippen LogP contribution in [0.15, 0.2) is 18.2 Å². The molecule has 0 amide bonds. The standard InChI is InChI=1S/C16H19NO2/c1-2-10-5-3-7-12-15-11(9-14(18)19)6-4-8-13(15)17-16(10)12/h3,5,7,11,17H,2,4,6,8-9H2,1H3,(H,18,19). The molecule has 100 valence electrons. The van der Waals surface area contributed by atoms with E-state index in [1.54, 1.807) is 0 Å². The Kier molecular flexibility index (Phi) is 3.05. The number of hydrogen-bond donors (Lipinski definition) is 2. The number of aromatic amines is 1. The van der Waals surface area contributed by atoms with E-state index in [0.29, 0.717) is 0 Å². The van der Waals surface area contributed by atoms with Crippen molar-refractivity contribution in [2.45, 2.75) is 44.9 Å². The monoisotopic (exact) mass is 257 g/mol. The van der Waals surface area contributed by atoms with Crippen molar-refractivity contribution in [3.05, 3.63) is 35.0 Å². The van der Waals surface area contributed by atoms with Crippen molar-refractivity contribution >= 4 is 16.9 Å². The lowest BCUT2D eigenvalue weighted by atomic mass is 9.83. The molecule has 19 heavy (non-hydrogen) atoms. The van der Waals surface area contributed by atoms with Crippen LogP contribution in [0.2, 0.25) is 0 Å². The molecule has 0 saturated carbocycles. The highest BCUT2D eigenvalue weighted by Crippen LogP contribution is 2.39. The number of fused-ring (bicyclic) bond motifs is 3. The number of carboxylic acids is 1. The molecule has 0 saturated heterocycles. The minimum absolute atomic E-state index is 0.169. The number of nitrogens with one attached hydrogen (secondary N) is 1. The number of H-pyrrole nitrogens is 1. The van der Waals surface area contributed by atoms with Crippen LogP contribution >= 0.6 is 0 Å². The van der Waals surface area contributed by atoms with Gasteiger partial charge in [0.2, 0.25) is 0 Å². The molecular weight excluding hydrogens is 238 g/mol. The second-order valence-electron chi connectivity index (χ2n) is 5.40. The van der Waals surface area contributed by atoms with Gasteiger partial charge < -0.3 is 10.1 Å². The summed E-state index contributed by atoms with van der Waals surface area (Å²) >= 11 is 0. The molecule has 1 aliphatic rings. The summed E-state index contributed by atoms with van der Waals surface area (Å²) in [4.78, 5) is 14.6. The van der Waals surface area contributed by atoms with Gasteiger partial charge >= 0.3 is 5.97 Å². The summed E-state index contributed by atoms with van der Waals surface area (Å²) in [5.41, 5.74) is 5.06. The first kappa shape index (κ1) is 12.3. The molecule has 3 rings (SSSR count). The summed E-state index contributed by atoms with van der Waals surface area (Å²) in [6.45, 7) is 2.16. The molecule has 1 heterocycles. The fourth-order valence-electron chi connectivity index (χ4n) is 3.40. The second-order valence-corrected chi connectivity index (χ2v) is 5.40. The summed E-state index contributed by atoms with van der Waals surface area (Å²) < 4.78 is 0. The Labute approximate surface area is 112 Å². The van der Waals surface area contributed by atoms with E-state index < -0.39 is 5.97 Å². The van der Waals surface area contributed by atoms with Crippen LogP contribution < -0.4 is 0 Å². The van der Waals surface area contributed by atoms with E-state index in [9.17, 15) is 4.79 Å². The number of aromatic nitrogens is 1. The molecular formula is C16H19NO2. The number of aryl methyl sites for hydroxylation is 2. The first-order valence-corrected chi connectivity index (χ1v) is 7.04. The van der Waals surface area contributed by atoms with E-state index in [-0.39, 0.29) is 12.3 Å². The van der Waals surface area contributed by atoms with E-state index in [2.05, 4.69) is 30.1 Å². The van der Waals surface area contributed by atoms with Crippen LogP contribution in [0.3, 0.4) is 0 Å². The summed E-state index contributed by atoms with van der Waals surface area (Å²) in [6, 6.07) is 6.36. The van der Waals surface area contributed by atoms with Crippen molar-refractivity contribution in [3.8, 4) is 0 Å². The lowest BCUT2D eigenvalue weighted by Crippen LogP contribution is -2.12. The molecule has 0 fully saturated rings. The SMILES string of the molecule is CCc1cccc2c3c([nH]c12)CCCC3CC(=O)O. The second kappa shape index (κ2) is 4.72. The van der Waals surface area contributed by atoms with Gasteiger partial charge in [0.1, 0.15) is 0 Å². The number of aliphatic carboxylic acids is 1. The normalized spacial score (nSPS) is 18.5. The van der Waals surface area contributed by atoms with E-state index in [1.165, 1.54) is 27.7 Å². The summed E-state index contributed by atoms with van der Waals surface area (Å²) in [7, 11) is 0. The highest BCUT2D eigenvalue weighted by molar-refractivity contribution is 5.88. The van der Waals surface area contributed by atoms with Crippen LogP contribution in [0.4, 0.5) is 0 Å². The summed E-state index contributed by atoms with van der Waals surface area (Å²) in [5.74, 6) is -0.527. The van der Waals surface area contributed by atoms with Gasteiger partial charge in [0.05, 0.1) is 6.42 Å². The minimum Gasteiger partial charge on any atom is -0.481 e. The lowest BCUT2D eigenvalue weighted by Gasteiger charge is -2.21. The number of rotatable bonds is 3. The maximum Gasteiger partial charge on any atom is 0.303 e. The van der Waals surface area contributed by atoms with Gasteiger partial charge in [0, 0.05) is 16.6 Å². The van der Waals surface area contributed by atoms with Gasteiger partial charge in [-0.25, -0.2) is 0 Å². The van der Waals surface area contributed by atoms with Gasteiger partial charge in [0.25, 0.3) is 0 Å². The smallest absolute Gasteiger partial charge is 0.303 e. The van der Waals surface area contributed by atoms with Crippen molar-refractivity contribution in [1.29, 1.82) is 0 Å². The van der Waals surface area contributed by atoms with Crippen molar-refractivity contribution in [1.82, 2.24) is 4.98 Å². The highest BCUT2D eigenvalue weighted by Gasteiger charge is 2.26. The van der Waals surface area contributed by atoms with Crippen LogP contribution in [-0.4, -0.2) is 16.1 Å². The van der Waals surface area contributed by atoms with E-state index in [0.717, 1.165) is 25.7 Å². The molecule has 1 atom stereocenters. The molecule has 2 N–H and O–H groups in total. The van der Waals surface area contributed by atoms with E-state index in [1.807, 2.05) is 0 Å². The van der Waals surface area contributed by atoms with E-state index in [4.69, 9.17) is 5.11 Å². The average molecular weight is 257 g/mol. The lowest BCUT2D eigenvalue weighted by molar-refractivity contribution is -0.137. The summed E-state index contributed by atoms with van der Waals surface area (Å²) in [5, 5.41) is 10.3. The van der Waals surface area contributed by atoms with Crippen LogP contribution in [0, 0.1) is 0 Å². The molecule has 1 unspecified atom stereocenters. The largest absolute Gasteiger partial charge is 0.481 e. The first-order valence-electron chi connectivity index (χ1n) is 7.04. The van der Waals surface area contributed by atoms with Gasteiger partial charge in [-0.05, 0) is 42.7 Å². The number of carbonyl (C=O) groups is 1. The average Bonchev–Trinajstić information content (AvgIpc) is 2.77. The van der Waals surface area contributed by atoms with Gasteiger partial charge in [-0.3, -0.25) is 4.79 Å². The number of benzene rings is 1. The maximum absolute atomic E-state index is 11.0. The van der Waals surface area contributed by atoms with Gasteiger partial charge in [-0.1, -0.05) is 25.1 Å². The fraction of sp³-hybridized carbons (Fsp3) is 0.438. The predicted molar refractivity (Wildman–Crippen MR) is 75.6 cm³/mol. The maximum atomic E-state index is 11.0. The molecule has 3 heteroatoms. The minimum atomic E-state index is -0.696. The number of carboxylic acid groups (broad SMARTS) is 1. The molecule has 1 aliphatic carbocycles. The van der Waals surface area contributed by atoms with E-state index >= 15 is 0 Å². The van der Waals surface area contributed by atoms with Crippen molar-refractivity contribution in [2.75, 3.05) is 0 Å². The zero-order valence-electron chi connectivity index (χ0n) is 11.2. The molecule has 3 nitrogen and oxygen atoms in total. The zero-order valence-corrected chi connectivity index (χ0v) is 11.2. The molecule has 0 radical (unpaired) electrons. The Bertz CT molecular complexity index is 627. The van der Waals surface area contributed by atoms with Crippen LogP contribution in [-0.2, 0) is 17.6 Å². The third-order valence-corrected chi connectivity index (χ3v) is 4.23. The molecule has 2 aromatic rings. The zero-order chi connectivity index (χ0) is 13.4. The summed E-state index contributed by atoms with van der Waals surface area (Å²) in [6.07, 6.45) is 4.36. The van der Waals surface area contributed by atoms with Gasteiger partial charge in [-0.15, -0.1) is 0 Å². The Morgan fingerprint density at radius 2 is 2.32 bits per heavy atom. The Morgan fingerprint density at radius 1 is 1.47 bits per heavy atom. The van der Waals surface area contributed by atoms with Gasteiger partial charge in [-0.2, -0.15) is 0 Å². The molecule has 0 aliphatic heterocycles. The highest BCUT2D eigenvalue weighted by atomic mass is 16.4.